The van der Waals surface area contributed by atoms with Crippen molar-refractivity contribution in [1.29, 1.82) is 0 Å². The van der Waals surface area contributed by atoms with Crippen molar-refractivity contribution < 1.29 is 9.21 Å². The maximum Gasteiger partial charge on any atom is 0.225 e. The van der Waals surface area contributed by atoms with Gasteiger partial charge in [-0.15, -0.1) is 0 Å². The Labute approximate surface area is 182 Å². The van der Waals surface area contributed by atoms with Crippen LogP contribution in [0.2, 0.25) is 5.02 Å². The van der Waals surface area contributed by atoms with Gasteiger partial charge in [-0.2, -0.15) is 0 Å². The summed E-state index contributed by atoms with van der Waals surface area (Å²) in [4.78, 5) is 12.9. The van der Waals surface area contributed by atoms with Crippen molar-refractivity contribution in [2.75, 3.05) is 0 Å². The summed E-state index contributed by atoms with van der Waals surface area (Å²) in [7, 11) is 0. The van der Waals surface area contributed by atoms with Crippen LogP contribution in [0.25, 0.3) is 11.0 Å². The number of carbonyl (C=O) groups is 1. The molecule has 0 aliphatic rings. The van der Waals surface area contributed by atoms with Gasteiger partial charge in [-0.1, -0.05) is 54.1 Å². The molecule has 1 aromatic heterocycles. The van der Waals surface area contributed by atoms with Crippen molar-refractivity contribution in [3.63, 3.8) is 0 Å². The fourth-order valence-corrected chi connectivity index (χ4v) is 4.16. The maximum atomic E-state index is 12.9. The van der Waals surface area contributed by atoms with E-state index in [1.54, 1.807) is 0 Å². The summed E-state index contributed by atoms with van der Waals surface area (Å²) in [5.74, 6) is -0.0462. The van der Waals surface area contributed by atoms with Crippen molar-refractivity contribution in [3.05, 3.63) is 105 Å². The molecule has 5 heteroatoms. The number of rotatable bonds is 5. The third kappa shape index (κ3) is 4.55. The van der Waals surface area contributed by atoms with Crippen molar-refractivity contribution >= 4 is 44.4 Å². The highest BCUT2D eigenvalue weighted by Crippen LogP contribution is 2.28. The van der Waals surface area contributed by atoms with Crippen LogP contribution in [0.15, 0.2) is 81.9 Å². The van der Waals surface area contributed by atoms with Crippen LogP contribution < -0.4 is 5.32 Å². The van der Waals surface area contributed by atoms with Gasteiger partial charge in [0.1, 0.15) is 5.58 Å². The van der Waals surface area contributed by atoms with Crippen LogP contribution in [0.5, 0.6) is 0 Å². The molecule has 146 valence electrons. The monoisotopic (exact) mass is 467 g/mol. The standard InChI is InChI=1S/C24H19BrClNO2/c1-15-11-19(26)8-9-20(15)24(17-5-3-2-4-6-17)27-23(28)13-16-7-10-21-18(12-16)14-22(25)29-21/h2-12,14,24H,13H2,1H3,(H,27,28). The number of amides is 1. The van der Waals surface area contributed by atoms with Crippen LogP contribution in [0.1, 0.15) is 28.3 Å². The van der Waals surface area contributed by atoms with Gasteiger partial charge in [0.05, 0.1) is 12.5 Å². The molecule has 0 radical (unpaired) electrons. The predicted molar refractivity (Wildman–Crippen MR) is 120 cm³/mol. The predicted octanol–water partition coefficient (Wildman–Crippen LogP) is 6.61. The van der Waals surface area contributed by atoms with E-state index in [1.807, 2.05) is 79.7 Å². The van der Waals surface area contributed by atoms with E-state index in [0.29, 0.717) is 9.69 Å². The molecule has 3 nitrogen and oxygen atoms in total. The molecule has 4 rings (SSSR count). The molecule has 1 N–H and O–H groups in total. The normalized spacial score (nSPS) is 12.1. The number of hydrogen-bond donors (Lipinski definition) is 1. The van der Waals surface area contributed by atoms with E-state index >= 15 is 0 Å². The average Bonchev–Trinajstić information content (AvgIpc) is 3.06. The van der Waals surface area contributed by atoms with Gasteiger partial charge in [0, 0.05) is 10.4 Å². The summed E-state index contributed by atoms with van der Waals surface area (Å²) in [5.41, 5.74) is 4.82. The summed E-state index contributed by atoms with van der Waals surface area (Å²) in [5, 5.41) is 4.85. The molecule has 1 heterocycles. The minimum Gasteiger partial charge on any atom is -0.449 e. The number of fused-ring (bicyclic) bond motifs is 1. The number of benzene rings is 3. The van der Waals surface area contributed by atoms with Crippen LogP contribution in [-0.2, 0) is 11.2 Å². The molecule has 1 atom stereocenters. The quantitative estimate of drug-likeness (QED) is 0.358. The Hall–Kier alpha value is -2.56. The minimum absolute atomic E-state index is 0.0462. The Morgan fingerprint density at radius 3 is 2.62 bits per heavy atom. The SMILES string of the molecule is Cc1cc(Cl)ccc1C(NC(=O)Cc1ccc2oc(Br)cc2c1)c1ccccc1. The Morgan fingerprint density at radius 2 is 1.86 bits per heavy atom. The number of furan rings is 1. The lowest BCUT2D eigenvalue weighted by atomic mass is 9.94. The molecule has 0 spiro atoms. The van der Waals surface area contributed by atoms with E-state index in [4.69, 9.17) is 16.0 Å². The van der Waals surface area contributed by atoms with Gasteiger partial charge in [-0.3, -0.25) is 4.79 Å². The number of carbonyl (C=O) groups excluding carboxylic acids is 1. The largest absolute Gasteiger partial charge is 0.449 e. The zero-order chi connectivity index (χ0) is 20.4. The second-order valence-electron chi connectivity index (χ2n) is 7.01. The van der Waals surface area contributed by atoms with Crippen molar-refractivity contribution in [3.8, 4) is 0 Å². The highest BCUT2D eigenvalue weighted by molar-refractivity contribution is 9.10. The summed E-state index contributed by atoms with van der Waals surface area (Å²) in [6, 6.07) is 23.2. The Bertz CT molecular complexity index is 1170. The van der Waals surface area contributed by atoms with Crippen molar-refractivity contribution in [1.82, 2.24) is 5.32 Å². The van der Waals surface area contributed by atoms with E-state index in [2.05, 4.69) is 21.2 Å². The lowest BCUT2D eigenvalue weighted by molar-refractivity contribution is -0.120. The number of nitrogens with one attached hydrogen (secondary N) is 1. The fourth-order valence-electron chi connectivity index (χ4n) is 3.52. The number of aryl methyl sites for hydroxylation is 1. The molecule has 1 unspecified atom stereocenters. The van der Waals surface area contributed by atoms with Crippen LogP contribution in [0.4, 0.5) is 0 Å². The number of hydrogen-bond acceptors (Lipinski definition) is 2. The molecule has 0 aliphatic heterocycles. The van der Waals surface area contributed by atoms with Crippen LogP contribution >= 0.6 is 27.5 Å². The molecule has 1 amide bonds. The first-order valence-corrected chi connectivity index (χ1v) is 10.4. The van der Waals surface area contributed by atoms with E-state index in [0.717, 1.165) is 33.2 Å². The first-order valence-electron chi connectivity index (χ1n) is 9.28. The first kappa shape index (κ1) is 19.7. The lowest BCUT2D eigenvalue weighted by Crippen LogP contribution is -2.31. The Balaban J connectivity index is 1.60. The van der Waals surface area contributed by atoms with Crippen molar-refractivity contribution in [2.45, 2.75) is 19.4 Å². The average molecular weight is 469 g/mol. The summed E-state index contributed by atoms with van der Waals surface area (Å²) in [6.07, 6.45) is 0.286. The minimum atomic E-state index is -0.243. The van der Waals surface area contributed by atoms with E-state index in [1.165, 1.54) is 0 Å². The molecule has 0 saturated heterocycles. The van der Waals surface area contributed by atoms with E-state index in [9.17, 15) is 4.79 Å². The third-order valence-electron chi connectivity index (χ3n) is 4.90. The van der Waals surface area contributed by atoms with E-state index in [-0.39, 0.29) is 18.4 Å². The Morgan fingerprint density at radius 1 is 1.07 bits per heavy atom. The van der Waals surface area contributed by atoms with Gasteiger partial charge in [-0.25, -0.2) is 0 Å². The molecule has 0 bridgehead atoms. The topological polar surface area (TPSA) is 42.2 Å². The van der Waals surface area contributed by atoms with Gasteiger partial charge >= 0.3 is 0 Å². The fraction of sp³-hybridized carbons (Fsp3) is 0.125. The molecule has 3 aromatic carbocycles. The van der Waals surface area contributed by atoms with E-state index < -0.39 is 0 Å². The zero-order valence-corrected chi connectivity index (χ0v) is 18.1. The molecule has 4 aromatic rings. The molecular weight excluding hydrogens is 450 g/mol. The molecule has 0 saturated carbocycles. The van der Waals surface area contributed by atoms with Gasteiger partial charge < -0.3 is 9.73 Å². The van der Waals surface area contributed by atoms with Crippen molar-refractivity contribution in [2.24, 2.45) is 0 Å². The second-order valence-corrected chi connectivity index (χ2v) is 8.23. The maximum absolute atomic E-state index is 12.9. The van der Waals surface area contributed by atoms with Gasteiger partial charge in [0.2, 0.25) is 5.91 Å². The lowest BCUT2D eigenvalue weighted by Gasteiger charge is -2.22. The first-order chi connectivity index (χ1) is 14.0. The highest BCUT2D eigenvalue weighted by Gasteiger charge is 2.19. The van der Waals surface area contributed by atoms with Gasteiger partial charge in [0.25, 0.3) is 0 Å². The highest BCUT2D eigenvalue weighted by atomic mass is 79.9. The van der Waals surface area contributed by atoms with Crippen LogP contribution in [0.3, 0.4) is 0 Å². The summed E-state index contributed by atoms with van der Waals surface area (Å²) < 4.78 is 6.21. The number of halogens is 2. The Kier molecular flexibility index (Phi) is 5.74. The van der Waals surface area contributed by atoms with Gasteiger partial charge in [-0.05, 0) is 75.4 Å². The van der Waals surface area contributed by atoms with Crippen LogP contribution in [0, 0.1) is 6.92 Å². The van der Waals surface area contributed by atoms with Gasteiger partial charge in [0.15, 0.2) is 4.67 Å². The second kappa shape index (κ2) is 8.44. The smallest absolute Gasteiger partial charge is 0.225 e. The zero-order valence-electron chi connectivity index (χ0n) is 15.8. The third-order valence-corrected chi connectivity index (χ3v) is 5.52. The summed E-state index contributed by atoms with van der Waals surface area (Å²) in [6.45, 7) is 2.01. The molecule has 0 aliphatic carbocycles. The van der Waals surface area contributed by atoms with Crippen LogP contribution in [-0.4, -0.2) is 5.91 Å². The summed E-state index contributed by atoms with van der Waals surface area (Å²) >= 11 is 9.47. The molecule has 0 fully saturated rings. The molecular formula is C24H19BrClNO2. The molecule has 29 heavy (non-hydrogen) atoms.